The lowest BCUT2D eigenvalue weighted by atomic mass is 10.2. The van der Waals surface area contributed by atoms with E-state index in [1.165, 1.54) is 11.8 Å². The van der Waals surface area contributed by atoms with Gasteiger partial charge in [0, 0.05) is 13.5 Å². The van der Waals surface area contributed by atoms with Crippen LogP contribution in [0, 0.1) is 0 Å². The van der Waals surface area contributed by atoms with E-state index in [2.05, 4.69) is 10.2 Å². The average Bonchev–Trinajstić information content (AvgIpc) is 2.93. The summed E-state index contributed by atoms with van der Waals surface area (Å²) < 4.78 is 7.46. The Morgan fingerprint density at radius 2 is 2.17 bits per heavy atom. The van der Waals surface area contributed by atoms with Crippen LogP contribution >= 0.6 is 24.2 Å². The van der Waals surface area contributed by atoms with Crippen molar-refractivity contribution in [3.05, 3.63) is 30.1 Å². The molecule has 0 saturated carbocycles. The highest BCUT2D eigenvalue weighted by Crippen LogP contribution is 2.31. The normalized spacial score (nSPS) is 13.0. The largest absolute Gasteiger partial charge is 0.490 e. The van der Waals surface area contributed by atoms with Gasteiger partial charge in [-0.1, -0.05) is 23.9 Å². The predicted molar refractivity (Wildman–Crippen MR) is 96.0 cm³/mol. The number of nitrogens with zero attached hydrogens (tertiary/aromatic N) is 4. The Morgan fingerprint density at radius 1 is 1.38 bits per heavy atom. The van der Waals surface area contributed by atoms with E-state index in [0.29, 0.717) is 31.9 Å². The highest BCUT2D eigenvalue weighted by molar-refractivity contribution is 7.99. The summed E-state index contributed by atoms with van der Waals surface area (Å²) in [4.78, 5) is 14.3. The van der Waals surface area contributed by atoms with E-state index < -0.39 is 0 Å². The summed E-state index contributed by atoms with van der Waals surface area (Å²) in [6.07, 6.45) is 0.675. The maximum Gasteiger partial charge on any atom is 0.237 e. The van der Waals surface area contributed by atoms with Gasteiger partial charge in [0.15, 0.2) is 5.16 Å². The van der Waals surface area contributed by atoms with Crippen LogP contribution in [0.4, 0.5) is 5.69 Å². The first-order chi connectivity index (χ1) is 11.2. The Morgan fingerprint density at radius 3 is 2.96 bits per heavy atom. The highest BCUT2D eigenvalue weighted by atomic mass is 35.5. The fraction of sp³-hybridized carbons (Fsp3) is 0.400. The summed E-state index contributed by atoms with van der Waals surface area (Å²) in [5.41, 5.74) is 6.37. The molecular formula is C15H20ClN5O2S. The first kappa shape index (κ1) is 18.6. The van der Waals surface area contributed by atoms with E-state index >= 15 is 0 Å². The molecule has 0 saturated heterocycles. The molecule has 7 nitrogen and oxygen atoms in total. The number of fused-ring (bicyclic) bond motifs is 1. The minimum Gasteiger partial charge on any atom is -0.490 e. The SMILES string of the molecule is Cl.Cn1c(CCN)nnc1SCC(=O)N1CCOc2ccccc21. The fourth-order valence-electron chi connectivity index (χ4n) is 2.45. The van der Waals surface area contributed by atoms with Gasteiger partial charge in [-0.2, -0.15) is 0 Å². The number of thioether (sulfide) groups is 1. The Bertz CT molecular complexity index is 709. The second-order valence-electron chi connectivity index (χ2n) is 5.15. The molecule has 1 aliphatic rings. The minimum atomic E-state index is 0. The molecule has 0 aliphatic carbocycles. The maximum absolute atomic E-state index is 12.6. The van der Waals surface area contributed by atoms with Crippen LogP contribution in [0.5, 0.6) is 5.75 Å². The molecule has 1 amide bonds. The van der Waals surface area contributed by atoms with Gasteiger partial charge in [-0.3, -0.25) is 4.79 Å². The van der Waals surface area contributed by atoms with Crippen LogP contribution in [0.3, 0.4) is 0 Å². The molecule has 1 aliphatic heterocycles. The number of carbonyl (C=O) groups excluding carboxylic acids is 1. The van der Waals surface area contributed by atoms with E-state index in [9.17, 15) is 4.79 Å². The number of aromatic nitrogens is 3. The third-order valence-electron chi connectivity index (χ3n) is 3.65. The zero-order valence-corrected chi connectivity index (χ0v) is 15.0. The summed E-state index contributed by atoms with van der Waals surface area (Å²) in [6, 6.07) is 7.59. The van der Waals surface area contributed by atoms with Crippen molar-refractivity contribution < 1.29 is 9.53 Å². The van der Waals surface area contributed by atoms with Gasteiger partial charge < -0.3 is 19.9 Å². The van der Waals surface area contributed by atoms with E-state index in [-0.39, 0.29) is 18.3 Å². The van der Waals surface area contributed by atoms with Crippen molar-refractivity contribution in [3.63, 3.8) is 0 Å². The van der Waals surface area contributed by atoms with Crippen LogP contribution in [0.25, 0.3) is 0 Å². The van der Waals surface area contributed by atoms with Crippen LogP contribution in [0.15, 0.2) is 29.4 Å². The molecule has 0 atom stereocenters. The molecular weight excluding hydrogens is 350 g/mol. The first-order valence-corrected chi connectivity index (χ1v) is 8.42. The Labute approximate surface area is 151 Å². The third kappa shape index (κ3) is 3.82. The molecule has 0 spiro atoms. The number of nitrogens with two attached hydrogens (primary N) is 1. The molecule has 3 rings (SSSR count). The van der Waals surface area contributed by atoms with E-state index in [1.807, 2.05) is 35.9 Å². The summed E-state index contributed by atoms with van der Waals surface area (Å²) in [6.45, 7) is 1.60. The monoisotopic (exact) mass is 369 g/mol. The number of para-hydroxylation sites is 2. The number of carbonyl (C=O) groups is 1. The predicted octanol–water partition coefficient (Wildman–Crippen LogP) is 1.26. The molecule has 2 N–H and O–H groups in total. The van der Waals surface area contributed by atoms with Crippen LogP contribution in [0.1, 0.15) is 5.82 Å². The van der Waals surface area contributed by atoms with Gasteiger partial charge in [-0.25, -0.2) is 0 Å². The summed E-state index contributed by atoms with van der Waals surface area (Å²) in [7, 11) is 1.89. The summed E-state index contributed by atoms with van der Waals surface area (Å²) in [5, 5.41) is 8.95. The van der Waals surface area contributed by atoms with Crippen molar-refractivity contribution in [1.82, 2.24) is 14.8 Å². The zero-order chi connectivity index (χ0) is 16.2. The molecule has 24 heavy (non-hydrogen) atoms. The number of amides is 1. The van der Waals surface area contributed by atoms with E-state index in [1.54, 1.807) is 4.90 Å². The second kappa shape index (κ2) is 8.36. The van der Waals surface area contributed by atoms with Gasteiger partial charge in [0.2, 0.25) is 5.91 Å². The lowest BCUT2D eigenvalue weighted by molar-refractivity contribution is -0.116. The summed E-state index contributed by atoms with van der Waals surface area (Å²) >= 11 is 1.39. The second-order valence-corrected chi connectivity index (χ2v) is 6.09. The highest BCUT2D eigenvalue weighted by Gasteiger charge is 2.23. The number of hydrogen-bond acceptors (Lipinski definition) is 6. The van der Waals surface area contributed by atoms with E-state index in [4.69, 9.17) is 10.5 Å². The van der Waals surface area contributed by atoms with Crippen LogP contribution in [-0.2, 0) is 18.3 Å². The Hall–Kier alpha value is -1.77. The molecule has 0 fully saturated rings. The van der Waals surface area contributed by atoms with Gasteiger partial charge in [0.05, 0.1) is 18.0 Å². The average molecular weight is 370 g/mol. The smallest absolute Gasteiger partial charge is 0.237 e. The molecule has 2 aromatic rings. The van der Waals surface area contributed by atoms with Crippen molar-refractivity contribution in [3.8, 4) is 5.75 Å². The van der Waals surface area contributed by atoms with Crippen LogP contribution in [-0.4, -0.2) is 46.1 Å². The number of anilines is 1. The molecule has 1 aromatic carbocycles. The lowest BCUT2D eigenvalue weighted by Gasteiger charge is -2.29. The number of rotatable bonds is 5. The quantitative estimate of drug-likeness (QED) is 0.798. The number of ether oxygens (including phenoxy) is 1. The van der Waals surface area contributed by atoms with Crippen molar-refractivity contribution >= 4 is 35.8 Å². The van der Waals surface area contributed by atoms with Crippen molar-refractivity contribution in [2.24, 2.45) is 12.8 Å². The van der Waals surface area contributed by atoms with Crippen molar-refractivity contribution in [2.75, 3.05) is 30.3 Å². The van der Waals surface area contributed by atoms with Crippen LogP contribution < -0.4 is 15.4 Å². The number of benzene rings is 1. The third-order valence-corrected chi connectivity index (χ3v) is 4.65. The van der Waals surface area contributed by atoms with Crippen molar-refractivity contribution in [2.45, 2.75) is 11.6 Å². The van der Waals surface area contributed by atoms with Gasteiger partial charge in [-0.15, -0.1) is 22.6 Å². The lowest BCUT2D eigenvalue weighted by Crippen LogP contribution is -2.39. The molecule has 130 valence electrons. The fourth-order valence-corrected chi connectivity index (χ4v) is 3.26. The molecule has 2 heterocycles. The Kier molecular flexibility index (Phi) is 6.47. The van der Waals surface area contributed by atoms with Gasteiger partial charge in [0.25, 0.3) is 0 Å². The van der Waals surface area contributed by atoms with Crippen LogP contribution in [0.2, 0.25) is 0 Å². The molecule has 9 heteroatoms. The topological polar surface area (TPSA) is 86.3 Å². The molecule has 0 bridgehead atoms. The zero-order valence-electron chi connectivity index (χ0n) is 13.3. The molecule has 1 aromatic heterocycles. The van der Waals surface area contributed by atoms with Crippen molar-refractivity contribution in [1.29, 1.82) is 0 Å². The van der Waals surface area contributed by atoms with Gasteiger partial charge >= 0.3 is 0 Å². The van der Waals surface area contributed by atoms with Gasteiger partial charge in [0.1, 0.15) is 18.2 Å². The Balaban J connectivity index is 0.00000208. The first-order valence-electron chi connectivity index (χ1n) is 7.44. The standard InChI is InChI=1S/C15H19N5O2S.ClH/c1-19-13(6-7-16)17-18-15(19)23-10-14(21)20-8-9-22-12-5-3-2-4-11(12)20;/h2-5H,6-10,16H2,1H3;1H. The number of halogens is 1. The minimum absolute atomic E-state index is 0. The number of hydrogen-bond donors (Lipinski definition) is 1. The molecule has 0 unspecified atom stereocenters. The summed E-state index contributed by atoms with van der Waals surface area (Å²) in [5.74, 6) is 1.93. The molecule has 0 radical (unpaired) electrons. The van der Waals surface area contributed by atoms with E-state index in [0.717, 1.165) is 22.4 Å². The maximum atomic E-state index is 12.6. The van der Waals surface area contributed by atoms with Gasteiger partial charge in [-0.05, 0) is 18.7 Å².